The number of aromatic nitrogens is 5. The van der Waals surface area contributed by atoms with E-state index in [0.29, 0.717) is 17.9 Å². The van der Waals surface area contributed by atoms with Crippen molar-refractivity contribution in [2.45, 2.75) is 45.4 Å². The summed E-state index contributed by atoms with van der Waals surface area (Å²) in [4.78, 5) is 21.5. The quantitative estimate of drug-likeness (QED) is 0.390. The van der Waals surface area contributed by atoms with Crippen LogP contribution in [0.1, 0.15) is 41.4 Å². The number of nitrogens with one attached hydrogen (secondary N) is 1. The maximum absolute atomic E-state index is 13.7. The van der Waals surface area contributed by atoms with Gasteiger partial charge in [-0.25, -0.2) is 4.68 Å². The molecule has 2 atom stereocenters. The van der Waals surface area contributed by atoms with Crippen molar-refractivity contribution in [2.75, 3.05) is 44.8 Å². The van der Waals surface area contributed by atoms with E-state index in [-0.39, 0.29) is 11.7 Å². The Morgan fingerprint density at radius 3 is 2.72 bits per heavy atom. The van der Waals surface area contributed by atoms with Crippen molar-refractivity contribution in [3.05, 3.63) is 75.3 Å². The molecule has 2 aromatic carbocycles. The van der Waals surface area contributed by atoms with Crippen molar-refractivity contribution in [3.63, 3.8) is 0 Å². The van der Waals surface area contributed by atoms with Crippen molar-refractivity contribution in [1.29, 1.82) is 0 Å². The highest BCUT2D eigenvalue weighted by atomic mass is 16.5. The fraction of sp³-hybridized carbons (Fsp3) is 0.448. The number of pyridine rings is 1. The molecule has 0 unspecified atom stereocenters. The van der Waals surface area contributed by atoms with Gasteiger partial charge in [-0.3, -0.25) is 9.69 Å². The molecular formula is C29H35N7O3. The van der Waals surface area contributed by atoms with Crippen molar-refractivity contribution >= 4 is 16.6 Å². The molecule has 0 spiro atoms. The summed E-state index contributed by atoms with van der Waals surface area (Å²) < 4.78 is 13.3. The largest absolute Gasteiger partial charge is 0.495 e. The smallest absolute Gasteiger partial charge is 0.253 e. The minimum Gasteiger partial charge on any atom is -0.495 e. The third-order valence-electron chi connectivity index (χ3n) is 8.18. The van der Waals surface area contributed by atoms with Crippen molar-refractivity contribution in [2.24, 2.45) is 0 Å². The van der Waals surface area contributed by atoms with E-state index in [9.17, 15) is 4.79 Å². The molecule has 2 aliphatic heterocycles. The van der Waals surface area contributed by atoms with Gasteiger partial charge in [0.1, 0.15) is 11.8 Å². The second-order valence-electron chi connectivity index (χ2n) is 10.5. The summed E-state index contributed by atoms with van der Waals surface area (Å²) in [5, 5.41) is 13.9. The first-order valence-electron chi connectivity index (χ1n) is 13.7. The van der Waals surface area contributed by atoms with E-state index in [0.717, 1.165) is 79.1 Å². The number of hydrogen-bond acceptors (Lipinski definition) is 8. The van der Waals surface area contributed by atoms with E-state index in [1.807, 2.05) is 35.9 Å². The van der Waals surface area contributed by atoms with Crippen LogP contribution in [0.15, 0.2) is 47.3 Å². The minimum absolute atomic E-state index is 0.0794. The van der Waals surface area contributed by atoms with Gasteiger partial charge in [-0.15, -0.1) is 5.10 Å². The highest BCUT2D eigenvalue weighted by molar-refractivity contribution is 5.83. The lowest BCUT2D eigenvalue weighted by atomic mass is 9.99. The number of hydrogen-bond donors (Lipinski definition) is 1. The number of aryl methyl sites for hydroxylation is 2. The summed E-state index contributed by atoms with van der Waals surface area (Å²) in [5.74, 6) is 1.53. The topological polar surface area (TPSA) is 101 Å². The van der Waals surface area contributed by atoms with Crippen LogP contribution in [0.2, 0.25) is 0 Å². The lowest BCUT2D eigenvalue weighted by Crippen LogP contribution is -2.49. The predicted molar refractivity (Wildman–Crippen MR) is 149 cm³/mol. The Kier molecular flexibility index (Phi) is 7.05. The monoisotopic (exact) mass is 529 g/mol. The van der Waals surface area contributed by atoms with Crippen LogP contribution in [0.3, 0.4) is 0 Å². The molecule has 0 aliphatic carbocycles. The van der Waals surface area contributed by atoms with E-state index in [2.05, 4.69) is 55.4 Å². The first-order valence-corrected chi connectivity index (χ1v) is 13.7. The summed E-state index contributed by atoms with van der Waals surface area (Å²) in [7, 11) is 1.70. The summed E-state index contributed by atoms with van der Waals surface area (Å²) in [6.45, 7) is 8.49. The Bertz CT molecular complexity index is 1520. The second kappa shape index (κ2) is 10.8. The van der Waals surface area contributed by atoms with Crippen LogP contribution in [0, 0.1) is 13.8 Å². The predicted octanol–water partition coefficient (Wildman–Crippen LogP) is 3.23. The standard InChI is InChI=1S/C29H35N7O3/c1-19-10-11-21-17-23(29(37)30-26(21)20(19)2)27(28-31-32-33-36(28)18-22-7-6-16-39-22)35-14-12-34(13-15-35)24-8-4-5-9-25(24)38-3/h4-5,8-11,17,22,27H,6-7,12-16,18H2,1-3H3,(H,30,37)/t22-,27-/m0/s1. The Morgan fingerprint density at radius 2 is 1.95 bits per heavy atom. The number of benzene rings is 2. The van der Waals surface area contributed by atoms with Crippen LogP contribution in [-0.2, 0) is 11.3 Å². The molecule has 10 heteroatoms. The molecule has 2 aliphatic rings. The van der Waals surface area contributed by atoms with E-state index < -0.39 is 6.04 Å². The number of fused-ring (bicyclic) bond motifs is 1. The van der Waals surface area contributed by atoms with E-state index >= 15 is 0 Å². The van der Waals surface area contributed by atoms with Crippen molar-refractivity contribution < 1.29 is 9.47 Å². The fourth-order valence-corrected chi connectivity index (χ4v) is 5.87. The van der Waals surface area contributed by atoms with E-state index in [4.69, 9.17) is 9.47 Å². The molecular weight excluding hydrogens is 494 g/mol. The number of ether oxygens (including phenoxy) is 2. The lowest BCUT2D eigenvalue weighted by molar-refractivity contribution is 0.0906. The van der Waals surface area contributed by atoms with Gasteiger partial charge in [0.2, 0.25) is 0 Å². The highest BCUT2D eigenvalue weighted by Crippen LogP contribution is 2.32. The highest BCUT2D eigenvalue weighted by Gasteiger charge is 2.34. The molecule has 0 saturated carbocycles. The van der Waals surface area contributed by atoms with Crippen LogP contribution in [0.4, 0.5) is 5.69 Å². The normalized spacial score (nSPS) is 19.1. The second-order valence-corrected chi connectivity index (χ2v) is 10.5. The Morgan fingerprint density at radius 1 is 1.13 bits per heavy atom. The molecule has 0 bridgehead atoms. The SMILES string of the molecule is COc1ccccc1N1CCN([C@@H](c2cc3ccc(C)c(C)c3[nH]c2=O)c2nnnn2C[C@@H]2CCCO2)CC1. The molecule has 2 fully saturated rings. The van der Waals surface area contributed by atoms with Crippen LogP contribution < -0.4 is 15.2 Å². The van der Waals surface area contributed by atoms with Crippen LogP contribution in [-0.4, -0.2) is 76.1 Å². The molecule has 4 heterocycles. The first-order chi connectivity index (χ1) is 19.0. The van der Waals surface area contributed by atoms with Gasteiger partial charge in [0, 0.05) is 38.3 Å². The average molecular weight is 530 g/mol. The molecule has 204 valence electrons. The number of anilines is 1. The molecule has 0 radical (unpaired) electrons. The average Bonchev–Trinajstić information content (AvgIpc) is 3.65. The molecule has 0 amide bonds. The molecule has 4 aromatic rings. The van der Waals surface area contributed by atoms with Crippen LogP contribution in [0.5, 0.6) is 5.75 Å². The molecule has 2 saturated heterocycles. The third-order valence-corrected chi connectivity index (χ3v) is 8.18. The van der Waals surface area contributed by atoms with Crippen LogP contribution >= 0.6 is 0 Å². The van der Waals surface area contributed by atoms with Gasteiger partial charge >= 0.3 is 0 Å². The van der Waals surface area contributed by atoms with E-state index in [1.165, 1.54) is 0 Å². The minimum atomic E-state index is -0.393. The number of aromatic amines is 1. The molecule has 2 aromatic heterocycles. The van der Waals surface area contributed by atoms with Gasteiger partial charge in [0.15, 0.2) is 5.82 Å². The van der Waals surface area contributed by atoms with Gasteiger partial charge in [-0.1, -0.05) is 24.3 Å². The Hall–Kier alpha value is -3.76. The van der Waals surface area contributed by atoms with E-state index in [1.54, 1.807) is 7.11 Å². The summed E-state index contributed by atoms with van der Waals surface area (Å²) in [6.07, 6.45) is 2.10. The molecule has 10 nitrogen and oxygen atoms in total. The molecule has 39 heavy (non-hydrogen) atoms. The zero-order valence-electron chi connectivity index (χ0n) is 22.8. The van der Waals surface area contributed by atoms with Gasteiger partial charge in [-0.05, 0) is 71.8 Å². The van der Waals surface area contributed by atoms with Crippen molar-refractivity contribution in [3.8, 4) is 5.75 Å². The zero-order chi connectivity index (χ0) is 26.9. The summed E-state index contributed by atoms with van der Waals surface area (Å²) >= 11 is 0. The van der Waals surface area contributed by atoms with Gasteiger partial charge in [0.25, 0.3) is 5.56 Å². The number of methoxy groups -OCH3 is 1. The lowest BCUT2D eigenvalue weighted by Gasteiger charge is -2.40. The number of tetrazole rings is 1. The number of rotatable bonds is 7. The fourth-order valence-electron chi connectivity index (χ4n) is 5.87. The number of H-pyrrole nitrogens is 1. The van der Waals surface area contributed by atoms with Gasteiger partial charge in [0.05, 0.1) is 31.0 Å². The Balaban J connectivity index is 1.37. The van der Waals surface area contributed by atoms with Gasteiger partial charge < -0.3 is 19.4 Å². The Labute approximate surface area is 227 Å². The zero-order valence-corrected chi connectivity index (χ0v) is 22.8. The maximum atomic E-state index is 13.7. The van der Waals surface area contributed by atoms with Crippen LogP contribution in [0.25, 0.3) is 10.9 Å². The first kappa shape index (κ1) is 25.5. The van der Waals surface area contributed by atoms with Crippen molar-refractivity contribution in [1.82, 2.24) is 30.1 Å². The van der Waals surface area contributed by atoms with Gasteiger partial charge in [-0.2, -0.15) is 0 Å². The maximum Gasteiger partial charge on any atom is 0.253 e. The summed E-state index contributed by atoms with van der Waals surface area (Å²) in [6, 6.07) is 13.9. The molecule has 6 rings (SSSR count). The molecule has 1 N–H and O–H groups in total. The number of nitrogens with zero attached hydrogens (tertiary/aromatic N) is 6. The summed E-state index contributed by atoms with van der Waals surface area (Å²) in [5.41, 5.74) is 4.73. The third kappa shape index (κ3) is 4.90. The number of piperazine rings is 1. The number of para-hydroxylation sites is 2.